The number of nitrogens with one attached hydrogen (secondary N) is 1. The van der Waals surface area contributed by atoms with Crippen LogP contribution in [0.2, 0.25) is 0 Å². The van der Waals surface area contributed by atoms with Crippen LogP contribution in [0.1, 0.15) is 29.8 Å². The second-order valence-corrected chi connectivity index (χ2v) is 4.36. The van der Waals surface area contributed by atoms with E-state index in [-0.39, 0.29) is 11.9 Å². The van der Waals surface area contributed by atoms with Crippen molar-refractivity contribution in [2.75, 3.05) is 6.54 Å². The average molecular weight is 247 g/mol. The van der Waals surface area contributed by atoms with Crippen molar-refractivity contribution in [3.63, 3.8) is 0 Å². The van der Waals surface area contributed by atoms with E-state index >= 15 is 0 Å². The molecule has 1 aromatic heterocycles. The van der Waals surface area contributed by atoms with Crippen molar-refractivity contribution in [1.29, 1.82) is 0 Å². The fourth-order valence-electron chi connectivity index (χ4n) is 2.20. The number of rotatable bonds is 4. The summed E-state index contributed by atoms with van der Waals surface area (Å²) in [5.74, 6) is -0.188. The zero-order chi connectivity index (χ0) is 13.1. The van der Waals surface area contributed by atoms with Crippen LogP contribution < -0.4 is 5.32 Å². The zero-order valence-corrected chi connectivity index (χ0v) is 10.9. The minimum atomic E-state index is -0.188. The molecule has 2 rings (SSSR count). The molecule has 2 aromatic rings. The molecular formula is C14H18FN3. The molecule has 0 aliphatic rings. The topological polar surface area (TPSA) is 29.9 Å². The van der Waals surface area contributed by atoms with Gasteiger partial charge in [-0.15, -0.1) is 0 Å². The minimum absolute atomic E-state index is 0.148. The van der Waals surface area contributed by atoms with Gasteiger partial charge in [0.25, 0.3) is 0 Å². The standard InChI is InChI=1S/C14H18FN3/c1-4-16-14(11-7-5-6-8-13(11)15)12-9-18(3)17-10(12)2/h5-9,14,16H,4H2,1-3H3. The molecule has 1 atom stereocenters. The van der Waals surface area contributed by atoms with Crippen LogP contribution >= 0.6 is 0 Å². The molecule has 1 aromatic carbocycles. The molecule has 0 bridgehead atoms. The predicted octanol–water partition coefficient (Wildman–Crippen LogP) is 2.57. The summed E-state index contributed by atoms with van der Waals surface area (Å²) in [6.07, 6.45) is 1.94. The van der Waals surface area contributed by atoms with Crippen LogP contribution in [0.5, 0.6) is 0 Å². The molecule has 0 aliphatic heterocycles. The van der Waals surface area contributed by atoms with Gasteiger partial charge in [0, 0.05) is 24.4 Å². The largest absolute Gasteiger partial charge is 0.306 e. The monoisotopic (exact) mass is 247 g/mol. The summed E-state index contributed by atoms with van der Waals surface area (Å²) in [7, 11) is 1.88. The third kappa shape index (κ3) is 2.43. The van der Waals surface area contributed by atoms with Crippen molar-refractivity contribution in [2.24, 2.45) is 7.05 Å². The summed E-state index contributed by atoms with van der Waals surface area (Å²) in [5, 5.41) is 7.64. The highest BCUT2D eigenvalue weighted by Crippen LogP contribution is 2.26. The Balaban J connectivity index is 2.46. The Kier molecular flexibility index (Phi) is 3.77. The number of aryl methyl sites for hydroxylation is 2. The van der Waals surface area contributed by atoms with Gasteiger partial charge in [-0.2, -0.15) is 5.10 Å². The summed E-state index contributed by atoms with van der Waals surface area (Å²) in [4.78, 5) is 0. The van der Waals surface area contributed by atoms with Gasteiger partial charge in [-0.1, -0.05) is 25.1 Å². The molecular weight excluding hydrogens is 229 g/mol. The first-order valence-electron chi connectivity index (χ1n) is 6.11. The fraction of sp³-hybridized carbons (Fsp3) is 0.357. The van der Waals surface area contributed by atoms with Crippen molar-refractivity contribution < 1.29 is 4.39 Å². The van der Waals surface area contributed by atoms with Gasteiger partial charge in [-0.05, 0) is 19.5 Å². The smallest absolute Gasteiger partial charge is 0.128 e. The molecule has 18 heavy (non-hydrogen) atoms. The number of benzene rings is 1. The van der Waals surface area contributed by atoms with Crippen LogP contribution in [-0.4, -0.2) is 16.3 Å². The van der Waals surface area contributed by atoms with Gasteiger partial charge >= 0.3 is 0 Å². The molecule has 3 nitrogen and oxygen atoms in total. The summed E-state index contributed by atoms with van der Waals surface area (Å²) in [6, 6.07) is 6.72. The highest BCUT2D eigenvalue weighted by Gasteiger charge is 2.20. The van der Waals surface area contributed by atoms with E-state index in [0.29, 0.717) is 5.56 Å². The number of aromatic nitrogens is 2. The molecule has 0 fully saturated rings. The van der Waals surface area contributed by atoms with Gasteiger partial charge in [-0.25, -0.2) is 4.39 Å². The molecule has 96 valence electrons. The van der Waals surface area contributed by atoms with Gasteiger partial charge in [0.15, 0.2) is 0 Å². The van der Waals surface area contributed by atoms with Gasteiger partial charge in [0.05, 0.1) is 11.7 Å². The maximum atomic E-state index is 13.9. The number of hydrogen-bond acceptors (Lipinski definition) is 2. The quantitative estimate of drug-likeness (QED) is 0.900. The third-order valence-electron chi connectivity index (χ3n) is 2.99. The molecule has 1 unspecified atom stereocenters. The summed E-state index contributed by atoms with van der Waals surface area (Å²) >= 11 is 0. The van der Waals surface area contributed by atoms with Gasteiger partial charge in [0.1, 0.15) is 5.82 Å². The highest BCUT2D eigenvalue weighted by atomic mass is 19.1. The van der Waals surface area contributed by atoms with Crippen molar-refractivity contribution >= 4 is 0 Å². The van der Waals surface area contributed by atoms with Crippen molar-refractivity contribution in [3.8, 4) is 0 Å². The normalized spacial score (nSPS) is 12.7. The maximum Gasteiger partial charge on any atom is 0.128 e. The lowest BCUT2D eigenvalue weighted by atomic mass is 9.99. The second-order valence-electron chi connectivity index (χ2n) is 4.36. The first-order chi connectivity index (χ1) is 8.63. The van der Waals surface area contributed by atoms with E-state index in [9.17, 15) is 4.39 Å². The van der Waals surface area contributed by atoms with E-state index in [0.717, 1.165) is 17.8 Å². The van der Waals surface area contributed by atoms with Crippen LogP contribution in [0.25, 0.3) is 0 Å². The first kappa shape index (κ1) is 12.8. The Labute approximate surface area is 107 Å². The lowest BCUT2D eigenvalue weighted by Gasteiger charge is -2.18. The third-order valence-corrected chi connectivity index (χ3v) is 2.99. The lowest BCUT2D eigenvalue weighted by Crippen LogP contribution is -2.23. The number of nitrogens with zero attached hydrogens (tertiary/aromatic N) is 2. The van der Waals surface area contributed by atoms with E-state index in [2.05, 4.69) is 10.4 Å². The Hall–Kier alpha value is -1.68. The lowest BCUT2D eigenvalue weighted by molar-refractivity contribution is 0.557. The van der Waals surface area contributed by atoms with Crippen LogP contribution in [0.4, 0.5) is 4.39 Å². The van der Waals surface area contributed by atoms with Crippen LogP contribution in [0.3, 0.4) is 0 Å². The molecule has 1 heterocycles. The Bertz CT molecular complexity index is 534. The molecule has 0 radical (unpaired) electrons. The summed E-state index contributed by atoms with van der Waals surface area (Å²) in [6.45, 7) is 4.73. The minimum Gasteiger partial charge on any atom is -0.306 e. The van der Waals surface area contributed by atoms with E-state index < -0.39 is 0 Å². The molecule has 0 amide bonds. The average Bonchev–Trinajstić information content (AvgIpc) is 2.66. The molecule has 0 aliphatic carbocycles. The molecule has 0 spiro atoms. The summed E-state index contributed by atoms with van der Waals surface area (Å²) in [5.41, 5.74) is 2.60. The van der Waals surface area contributed by atoms with E-state index in [1.165, 1.54) is 6.07 Å². The molecule has 0 saturated carbocycles. The Morgan fingerprint density at radius 2 is 2.06 bits per heavy atom. The SMILES string of the molecule is CCNC(c1ccccc1F)c1cn(C)nc1C. The number of halogens is 1. The molecule has 4 heteroatoms. The first-order valence-corrected chi connectivity index (χ1v) is 6.11. The Morgan fingerprint density at radius 3 is 2.61 bits per heavy atom. The van der Waals surface area contributed by atoms with Crippen LogP contribution in [0.15, 0.2) is 30.5 Å². The molecule has 0 saturated heterocycles. The van der Waals surface area contributed by atoms with Crippen LogP contribution in [-0.2, 0) is 7.05 Å². The van der Waals surface area contributed by atoms with Crippen molar-refractivity contribution in [2.45, 2.75) is 19.9 Å². The van der Waals surface area contributed by atoms with Gasteiger partial charge < -0.3 is 5.32 Å². The zero-order valence-electron chi connectivity index (χ0n) is 10.9. The molecule has 1 N–H and O–H groups in total. The van der Waals surface area contributed by atoms with Gasteiger partial charge in [-0.3, -0.25) is 4.68 Å². The van der Waals surface area contributed by atoms with E-state index in [1.807, 2.05) is 39.2 Å². The van der Waals surface area contributed by atoms with Gasteiger partial charge in [0.2, 0.25) is 0 Å². The number of hydrogen-bond donors (Lipinski definition) is 1. The highest BCUT2D eigenvalue weighted by molar-refractivity contribution is 5.33. The summed E-state index contributed by atoms with van der Waals surface area (Å²) < 4.78 is 15.7. The Morgan fingerprint density at radius 1 is 1.33 bits per heavy atom. The predicted molar refractivity (Wildman–Crippen MR) is 69.9 cm³/mol. The van der Waals surface area contributed by atoms with Crippen molar-refractivity contribution in [3.05, 3.63) is 53.1 Å². The van der Waals surface area contributed by atoms with E-state index in [1.54, 1.807) is 10.7 Å². The van der Waals surface area contributed by atoms with Crippen molar-refractivity contribution in [1.82, 2.24) is 15.1 Å². The second kappa shape index (κ2) is 5.31. The maximum absolute atomic E-state index is 13.9. The van der Waals surface area contributed by atoms with Crippen LogP contribution in [0, 0.1) is 12.7 Å². The van der Waals surface area contributed by atoms with E-state index in [4.69, 9.17) is 0 Å². The fourth-order valence-corrected chi connectivity index (χ4v) is 2.20.